The molecule has 16 rings (SSSR count). The molecule has 0 atom stereocenters. The first-order valence-corrected chi connectivity index (χ1v) is 35.2. The molecule has 0 spiro atoms. The number of rotatable bonds is 15. The summed E-state index contributed by atoms with van der Waals surface area (Å²) in [6.45, 7) is 2.67. The van der Waals surface area contributed by atoms with Crippen LogP contribution in [0.1, 0.15) is 23.7 Å². The molecule has 8 aromatic heterocycles. The Morgan fingerprint density at radius 2 is 0.770 bits per heavy atom. The molecule has 8 aromatic carbocycles. The van der Waals surface area contributed by atoms with Crippen LogP contribution in [0.15, 0.2) is 267 Å². The van der Waals surface area contributed by atoms with Crippen LogP contribution in [0.5, 0.6) is 11.5 Å². The van der Waals surface area contributed by atoms with Gasteiger partial charge in [0.1, 0.15) is 62.1 Å². The van der Waals surface area contributed by atoms with Crippen molar-refractivity contribution >= 4 is 58.0 Å². The molecule has 4 N–H and O–H groups in total. The van der Waals surface area contributed by atoms with Crippen LogP contribution >= 0.6 is 58.0 Å². The molecule has 0 aliphatic heterocycles. The predicted molar refractivity (Wildman–Crippen MR) is 406 cm³/mol. The predicted octanol–water partition coefficient (Wildman–Crippen LogP) is 27.7. The Morgan fingerprint density at radius 3 is 1.26 bits per heavy atom. The number of aromatic nitrogens is 8. The fraction of sp³-hybridized carbons (Fsp3) is 0.0732. The van der Waals surface area contributed by atoms with E-state index in [1.54, 1.807) is 97.2 Å². The molecule has 0 saturated heterocycles. The molecule has 113 heavy (non-hydrogen) atoms. The third-order valence-corrected chi connectivity index (χ3v) is 18.0. The molecule has 0 saturated carbocycles. The number of para-hydroxylation sites is 2. The van der Waals surface area contributed by atoms with Crippen LogP contribution in [0.3, 0.4) is 0 Å². The zero-order valence-corrected chi connectivity index (χ0v) is 61.6. The van der Waals surface area contributed by atoms with Crippen LogP contribution < -0.4 is 9.47 Å². The molecule has 0 bridgehead atoms. The summed E-state index contributed by atoms with van der Waals surface area (Å²) in [6.07, 6.45) is -12.5. The average molecular weight is 1650 g/mol. The first kappa shape index (κ1) is 79.0. The number of halogens is 17. The highest BCUT2D eigenvalue weighted by Crippen LogP contribution is 2.44. The van der Waals surface area contributed by atoms with E-state index in [1.807, 2.05) is 67.6 Å². The average Bonchev–Trinajstić information content (AvgIpc) is 1.67. The Balaban J connectivity index is 0.000000132. The lowest BCUT2D eigenvalue weighted by molar-refractivity contribution is -0.275. The van der Waals surface area contributed by atoms with E-state index in [0.29, 0.717) is 106 Å². The molecule has 0 amide bonds. The number of hydrogen-bond acceptors (Lipinski definition) is 10. The van der Waals surface area contributed by atoms with Gasteiger partial charge in [0, 0.05) is 56.6 Å². The van der Waals surface area contributed by atoms with Crippen molar-refractivity contribution < 1.29 is 79.8 Å². The number of hydrogen-bond donors (Lipinski definition) is 4. The largest absolute Gasteiger partial charge is 0.573 e. The van der Waals surface area contributed by atoms with Crippen molar-refractivity contribution in [1.29, 1.82) is 0 Å². The monoisotopic (exact) mass is 1650 g/mol. The van der Waals surface area contributed by atoms with Crippen LogP contribution in [0, 0.1) is 12.7 Å². The Hall–Kier alpha value is -12.1. The maximum atomic E-state index is 13.5. The molecule has 8 heterocycles. The van der Waals surface area contributed by atoms with Crippen LogP contribution in [0.2, 0.25) is 25.4 Å². The van der Waals surface area contributed by atoms with Gasteiger partial charge in [0.25, 0.3) is 5.92 Å². The van der Waals surface area contributed by atoms with Gasteiger partial charge in [-0.3, -0.25) is 0 Å². The standard InChI is InChI=1S/C22H16ClF3N2O.C20H11Cl2F3N2O2.C20H12ClF3N2O2.C20H12ClF3N2O/c1-12-20(13-3-6-15(24)7-4-13)28-21(27-12)19-10-9-18(29-19)14-5-8-16(17(23)11-14)22(2,25)26;21-11-5-6-12(14(22)9-11)15-10-26-19(27-15)18-8-7-16(28-18)13-3-1-2-4-17(13)29-20(23,24)25;21-18-17(12-6-2-1-3-7-12)25-19(26-18)16-11-10-14(27-16)13-8-4-5-9-15(13)28-20(22,23)24;21-18-17(12-6-2-1-3-7-12)25-19(26-18)16-11-10-15(27-16)13-8-4-5-9-14(13)20(22,23)24/h3-11H,1-2H3,(H,27,28);1-10H,(H,26,27);1-11H,(H,25,26);1-11H,(H,25,26). The van der Waals surface area contributed by atoms with Gasteiger partial charge in [-0.2, -0.15) is 13.2 Å². The molecule has 0 fully saturated rings. The normalized spacial score (nSPS) is 11.7. The molecule has 16 aromatic rings. The second-order valence-corrected chi connectivity index (χ2v) is 26.4. The van der Waals surface area contributed by atoms with Crippen molar-refractivity contribution in [3.05, 3.63) is 297 Å². The summed E-state index contributed by atoms with van der Waals surface area (Å²) in [5, 5.41) is 1.59. The molecule has 0 aliphatic rings. The number of nitrogens with zero attached hydrogens (tertiary/aromatic N) is 4. The molecule has 574 valence electrons. The van der Waals surface area contributed by atoms with Gasteiger partial charge >= 0.3 is 18.9 Å². The summed E-state index contributed by atoms with van der Waals surface area (Å²) >= 11 is 30.6. The van der Waals surface area contributed by atoms with Gasteiger partial charge in [0.15, 0.2) is 46.3 Å². The van der Waals surface area contributed by atoms with Gasteiger partial charge in [0.2, 0.25) is 0 Å². The van der Waals surface area contributed by atoms with Gasteiger partial charge in [-0.1, -0.05) is 173 Å². The maximum Gasteiger partial charge on any atom is 0.573 e. The molecular weight excluding hydrogens is 1600 g/mol. The number of alkyl halides is 11. The first-order valence-electron chi connectivity index (χ1n) is 33.3. The van der Waals surface area contributed by atoms with Crippen LogP contribution in [0.25, 0.3) is 137 Å². The fourth-order valence-corrected chi connectivity index (χ4v) is 12.8. The molecule has 14 nitrogen and oxygen atoms in total. The second-order valence-electron chi connectivity index (χ2n) is 24.4. The lowest BCUT2D eigenvalue weighted by Crippen LogP contribution is -2.17. The highest BCUT2D eigenvalue weighted by atomic mass is 35.5. The Bertz CT molecular complexity index is 5980. The van der Waals surface area contributed by atoms with E-state index in [4.69, 9.17) is 75.7 Å². The topological polar surface area (TPSA) is 186 Å². The van der Waals surface area contributed by atoms with Crippen LogP contribution in [0.4, 0.5) is 52.7 Å². The highest BCUT2D eigenvalue weighted by Gasteiger charge is 2.36. The maximum absolute atomic E-state index is 13.5. The van der Waals surface area contributed by atoms with E-state index < -0.39 is 30.4 Å². The van der Waals surface area contributed by atoms with E-state index in [-0.39, 0.29) is 61.9 Å². The van der Waals surface area contributed by atoms with Crippen molar-refractivity contribution in [1.82, 2.24) is 39.9 Å². The third-order valence-electron chi connectivity index (χ3n) is 16.6. The van der Waals surface area contributed by atoms with E-state index in [2.05, 4.69) is 49.3 Å². The lowest BCUT2D eigenvalue weighted by Gasteiger charge is -2.12. The van der Waals surface area contributed by atoms with Gasteiger partial charge in [-0.05, 0) is 134 Å². The SMILES string of the molecule is Cc1[nH]c(-c2ccc(-c3ccc(C(C)(F)F)c(Cl)c3)o2)nc1-c1ccc(F)cc1.FC(F)(F)Oc1ccccc1-c1ccc(-c2nc(-c3ccccc3)c(Cl)[nH]2)o1.FC(F)(F)Oc1ccccc1-c1ccc(-c2ncc(-c3ccc(Cl)cc3Cl)[nH]2)o1.FC(F)(F)c1ccccc1-c1ccc(-c2nc(-c3ccccc3)c(Cl)[nH]2)o1. The van der Waals surface area contributed by atoms with Crippen molar-refractivity contribution in [3.8, 4) is 148 Å². The zero-order chi connectivity index (χ0) is 80.1. The van der Waals surface area contributed by atoms with E-state index in [9.17, 15) is 52.7 Å². The van der Waals surface area contributed by atoms with E-state index >= 15 is 0 Å². The summed E-state index contributed by atoms with van der Waals surface area (Å²) in [5.41, 5.74) is 6.25. The van der Waals surface area contributed by atoms with Gasteiger partial charge < -0.3 is 47.1 Å². The minimum absolute atomic E-state index is 0.0274. The van der Waals surface area contributed by atoms with Crippen molar-refractivity contribution in [2.24, 2.45) is 0 Å². The van der Waals surface area contributed by atoms with Crippen LogP contribution in [-0.4, -0.2) is 52.6 Å². The summed E-state index contributed by atoms with van der Waals surface area (Å²) in [7, 11) is 0. The number of imidazole rings is 4. The van der Waals surface area contributed by atoms with Crippen molar-refractivity contribution in [3.63, 3.8) is 0 Å². The summed E-state index contributed by atoms with van der Waals surface area (Å²) in [5.74, 6) is 0.0364. The summed E-state index contributed by atoms with van der Waals surface area (Å²) in [6, 6.07) is 63.6. The number of ether oxygens (including phenoxy) is 2. The lowest BCUT2D eigenvalue weighted by atomic mass is 10.1. The number of aryl methyl sites for hydroxylation is 1. The van der Waals surface area contributed by atoms with Gasteiger partial charge in [-0.25, -0.2) is 33.1 Å². The van der Waals surface area contributed by atoms with Crippen LogP contribution in [-0.2, 0) is 12.1 Å². The summed E-state index contributed by atoms with van der Waals surface area (Å²) in [4.78, 5) is 29.8. The molecule has 31 heteroatoms. The Morgan fingerprint density at radius 1 is 0.354 bits per heavy atom. The third kappa shape index (κ3) is 19.1. The molecule has 0 unspecified atom stereocenters. The van der Waals surface area contributed by atoms with Crippen molar-refractivity contribution in [2.45, 2.75) is 38.7 Å². The number of H-pyrrole nitrogens is 4. The first-order chi connectivity index (χ1) is 53.9. The molecule has 0 aliphatic carbocycles. The van der Waals surface area contributed by atoms with E-state index in [1.165, 1.54) is 84.9 Å². The quantitative estimate of drug-likeness (QED) is 0.0720. The highest BCUT2D eigenvalue weighted by molar-refractivity contribution is 6.36. The Kier molecular flexibility index (Phi) is 23.1. The molecule has 0 radical (unpaired) electrons. The number of nitrogens with one attached hydrogen (secondary N) is 4. The second kappa shape index (κ2) is 33.1. The fourth-order valence-electron chi connectivity index (χ4n) is 11.5. The van der Waals surface area contributed by atoms with Gasteiger partial charge in [-0.15, -0.1) is 26.3 Å². The zero-order valence-electron chi connectivity index (χ0n) is 57.8. The number of aromatic amines is 4. The number of benzene rings is 8. The number of furan rings is 4. The van der Waals surface area contributed by atoms with E-state index in [0.717, 1.165) is 35.4 Å². The molecular formula is C82H51Cl5F12N8O6. The van der Waals surface area contributed by atoms with Gasteiger partial charge in [0.05, 0.1) is 44.3 Å². The smallest absolute Gasteiger partial charge is 0.453 e. The summed E-state index contributed by atoms with van der Waals surface area (Å²) < 4.78 is 187. The minimum atomic E-state index is -4.81. The van der Waals surface area contributed by atoms with Crippen molar-refractivity contribution in [2.75, 3.05) is 0 Å². The Labute approximate surface area is 657 Å². The minimum Gasteiger partial charge on any atom is -0.453 e.